The maximum Gasteiger partial charge on any atom is 0.321 e. The van der Waals surface area contributed by atoms with E-state index < -0.39 is 11.5 Å². The number of esters is 2. The van der Waals surface area contributed by atoms with Crippen LogP contribution in [0.15, 0.2) is 72.3 Å². The summed E-state index contributed by atoms with van der Waals surface area (Å²) in [6.45, 7) is 0.225. The van der Waals surface area contributed by atoms with Crippen molar-refractivity contribution in [2.24, 2.45) is 0 Å². The molecule has 1 saturated heterocycles. The Bertz CT molecular complexity index is 856. The minimum atomic E-state index is -0.746. The minimum absolute atomic E-state index is 0.0546. The highest BCUT2D eigenvalue weighted by Gasteiger charge is 2.55. The quantitative estimate of drug-likeness (QED) is 0.594. The monoisotopic (exact) mass is 362 g/mol. The van der Waals surface area contributed by atoms with Crippen LogP contribution in [0.3, 0.4) is 0 Å². The first-order chi connectivity index (χ1) is 13.2. The predicted molar refractivity (Wildman–Crippen MR) is 101 cm³/mol. The summed E-state index contributed by atoms with van der Waals surface area (Å²) >= 11 is 0. The van der Waals surface area contributed by atoms with Gasteiger partial charge in [-0.3, -0.25) is 9.59 Å². The topological polar surface area (TPSA) is 52.6 Å². The van der Waals surface area contributed by atoms with Gasteiger partial charge in [-0.1, -0.05) is 66.7 Å². The van der Waals surface area contributed by atoms with E-state index in [0.29, 0.717) is 0 Å². The summed E-state index contributed by atoms with van der Waals surface area (Å²) in [6.07, 6.45) is 4.14. The molecule has 0 N–H and O–H groups in total. The van der Waals surface area contributed by atoms with Gasteiger partial charge in [0, 0.05) is 0 Å². The lowest BCUT2D eigenvalue weighted by Crippen LogP contribution is -2.35. The lowest BCUT2D eigenvalue weighted by Gasteiger charge is -2.31. The van der Waals surface area contributed by atoms with E-state index in [4.69, 9.17) is 9.47 Å². The average molecular weight is 362 g/mol. The molecule has 138 valence electrons. The molecule has 4 nitrogen and oxygen atoms in total. The highest BCUT2D eigenvalue weighted by molar-refractivity contribution is 5.92. The van der Waals surface area contributed by atoms with Crippen molar-refractivity contribution in [3.05, 3.63) is 83.4 Å². The maximum atomic E-state index is 12.9. The normalized spacial score (nSPS) is 23.9. The zero-order valence-electron chi connectivity index (χ0n) is 15.1. The molecule has 1 aliphatic heterocycles. The third-order valence-corrected chi connectivity index (χ3v) is 5.42. The van der Waals surface area contributed by atoms with Crippen molar-refractivity contribution in [2.45, 2.75) is 43.8 Å². The molecule has 0 aromatic heterocycles. The van der Waals surface area contributed by atoms with Gasteiger partial charge in [0.05, 0.1) is 6.42 Å². The van der Waals surface area contributed by atoms with Gasteiger partial charge >= 0.3 is 11.9 Å². The van der Waals surface area contributed by atoms with E-state index in [0.717, 1.165) is 36.0 Å². The fraction of sp³-hybridized carbons (Fsp3) is 0.304. The molecule has 4 rings (SSSR count). The van der Waals surface area contributed by atoms with Crippen molar-refractivity contribution in [2.75, 3.05) is 0 Å². The van der Waals surface area contributed by atoms with Crippen LogP contribution >= 0.6 is 0 Å². The number of allylic oxidation sites excluding steroid dienone is 1. The van der Waals surface area contributed by atoms with Crippen LogP contribution in [0, 0.1) is 0 Å². The summed E-state index contributed by atoms with van der Waals surface area (Å²) in [6, 6.07) is 19.3. The van der Waals surface area contributed by atoms with E-state index in [9.17, 15) is 9.59 Å². The van der Waals surface area contributed by atoms with E-state index in [-0.39, 0.29) is 25.0 Å². The van der Waals surface area contributed by atoms with Gasteiger partial charge < -0.3 is 9.47 Å². The third kappa shape index (κ3) is 3.27. The Morgan fingerprint density at radius 3 is 2.52 bits per heavy atom. The average Bonchev–Trinajstić information content (AvgIpc) is 3.01. The molecule has 0 radical (unpaired) electrons. The Kier molecular flexibility index (Phi) is 4.80. The van der Waals surface area contributed by atoms with Crippen molar-refractivity contribution in [3.8, 4) is 0 Å². The van der Waals surface area contributed by atoms with Crippen LogP contribution in [0.2, 0.25) is 0 Å². The number of cyclic esters (lactones) is 1. The number of carbonyl (C=O) groups is 2. The molecule has 27 heavy (non-hydrogen) atoms. The molecule has 2 aliphatic rings. The lowest BCUT2D eigenvalue weighted by atomic mass is 9.67. The van der Waals surface area contributed by atoms with Crippen LogP contribution in [0.4, 0.5) is 0 Å². The maximum absolute atomic E-state index is 12.9. The van der Waals surface area contributed by atoms with Gasteiger partial charge in [0.25, 0.3) is 0 Å². The number of ether oxygens (including phenoxy) is 2. The summed E-state index contributed by atoms with van der Waals surface area (Å²) < 4.78 is 11.1. The molecule has 1 fully saturated rings. The summed E-state index contributed by atoms with van der Waals surface area (Å²) in [5.41, 5.74) is 2.05. The zero-order chi connectivity index (χ0) is 18.7. The highest BCUT2D eigenvalue weighted by atomic mass is 16.6. The van der Waals surface area contributed by atoms with E-state index in [1.165, 1.54) is 0 Å². The van der Waals surface area contributed by atoms with Gasteiger partial charge in [-0.25, -0.2) is 0 Å². The molecule has 1 unspecified atom stereocenters. The number of rotatable bonds is 5. The van der Waals surface area contributed by atoms with Crippen LogP contribution in [0.25, 0.3) is 0 Å². The van der Waals surface area contributed by atoms with Crippen LogP contribution < -0.4 is 0 Å². The molecule has 4 heteroatoms. The number of benzene rings is 2. The molecule has 0 amide bonds. The van der Waals surface area contributed by atoms with Gasteiger partial charge in [-0.05, 0) is 36.0 Å². The van der Waals surface area contributed by atoms with Gasteiger partial charge in [0.15, 0.2) is 0 Å². The molecule has 2 aromatic carbocycles. The molecular weight excluding hydrogens is 340 g/mol. The standard InChI is InChI=1S/C23H22O4/c24-21(26-16-17-9-3-1-4-10-17)15-20-19-13-7-8-14-23(19,22(25)27-20)18-11-5-2-6-12-18/h1-6,9-13,20H,7-8,14-16H2/t20?,23-/m1/s1. The molecule has 1 aliphatic carbocycles. The van der Waals surface area contributed by atoms with Gasteiger partial charge in [0.2, 0.25) is 0 Å². The largest absolute Gasteiger partial charge is 0.461 e. The van der Waals surface area contributed by atoms with Crippen LogP contribution in [-0.2, 0) is 31.1 Å². The van der Waals surface area contributed by atoms with E-state index >= 15 is 0 Å². The third-order valence-electron chi connectivity index (χ3n) is 5.42. The number of fused-ring (bicyclic) bond motifs is 1. The molecule has 1 heterocycles. The molecule has 2 aromatic rings. The summed E-state index contributed by atoms with van der Waals surface area (Å²) in [7, 11) is 0. The number of carbonyl (C=O) groups excluding carboxylic acids is 2. The number of hydrogen-bond acceptors (Lipinski definition) is 4. The molecule has 2 atom stereocenters. The Morgan fingerprint density at radius 2 is 1.78 bits per heavy atom. The second-order valence-electron chi connectivity index (χ2n) is 7.07. The Labute approximate surface area is 158 Å². The predicted octanol–water partition coefficient (Wildman–Crippen LogP) is 4.09. The van der Waals surface area contributed by atoms with E-state index in [1.807, 2.05) is 60.7 Å². The van der Waals surface area contributed by atoms with Crippen molar-refractivity contribution in [1.82, 2.24) is 0 Å². The van der Waals surface area contributed by atoms with Crippen LogP contribution in [0.5, 0.6) is 0 Å². The second-order valence-corrected chi connectivity index (χ2v) is 7.07. The molecule has 0 spiro atoms. The lowest BCUT2D eigenvalue weighted by molar-refractivity contribution is -0.151. The fourth-order valence-corrected chi connectivity index (χ4v) is 4.11. The van der Waals surface area contributed by atoms with Gasteiger partial charge in [-0.15, -0.1) is 0 Å². The Hall–Kier alpha value is -2.88. The first kappa shape index (κ1) is 17.5. The zero-order valence-corrected chi connectivity index (χ0v) is 15.1. The minimum Gasteiger partial charge on any atom is -0.461 e. The summed E-state index contributed by atoms with van der Waals surface area (Å²) in [5, 5.41) is 0. The SMILES string of the molecule is O=C(CC1OC(=O)[C@@]2(c3ccccc3)CCCC=C12)OCc1ccccc1. The highest BCUT2D eigenvalue weighted by Crippen LogP contribution is 2.49. The van der Waals surface area contributed by atoms with Gasteiger partial charge in [-0.2, -0.15) is 0 Å². The summed E-state index contributed by atoms with van der Waals surface area (Å²) in [4.78, 5) is 25.2. The van der Waals surface area contributed by atoms with E-state index in [2.05, 4.69) is 6.08 Å². The first-order valence-electron chi connectivity index (χ1n) is 9.37. The van der Waals surface area contributed by atoms with Crippen molar-refractivity contribution >= 4 is 11.9 Å². The number of hydrogen-bond donors (Lipinski definition) is 0. The Balaban J connectivity index is 1.50. The molecule has 0 saturated carbocycles. The fourth-order valence-electron chi connectivity index (χ4n) is 4.11. The van der Waals surface area contributed by atoms with Crippen molar-refractivity contribution in [1.29, 1.82) is 0 Å². The Morgan fingerprint density at radius 1 is 1.07 bits per heavy atom. The first-order valence-corrected chi connectivity index (χ1v) is 9.37. The molecule has 0 bridgehead atoms. The van der Waals surface area contributed by atoms with E-state index in [1.54, 1.807) is 0 Å². The van der Waals surface area contributed by atoms with Crippen molar-refractivity contribution < 1.29 is 19.1 Å². The van der Waals surface area contributed by atoms with Gasteiger partial charge in [0.1, 0.15) is 18.1 Å². The molecular formula is C23H22O4. The second kappa shape index (κ2) is 7.39. The summed E-state index contributed by atoms with van der Waals surface area (Å²) in [5.74, 6) is -0.604. The van der Waals surface area contributed by atoms with Crippen LogP contribution in [-0.4, -0.2) is 18.0 Å². The van der Waals surface area contributed by atoms with Crippen molar-refractivity contribution in [3.63, 3.8) is 0 Å². The smallest absolute Gasteiger partial charge is 0.321 e. The van der Waals surface area contributed by atoms with Crippen LogP contribution in [0.1, 0.15) is 36.8 Å².